The molecule has 168 valence electrons. The Morgan fingerprint density at radius 3 is 2.15 bits per heavy atom. The van der Waals surface area contributed by atoms with E-state index >= 15 is 0 Å². The number of benzene rings is 3. The average molecular weight is 446 g/mol. The Balaban J connectivity index is 1.52. The van der Waals surface area contributed by atoms with Gasteiger partial charge >= 0.3 is 5.97 Å². The number of hydrogen-bond acceptors (Lipinski definition) is 8. The fraction of sp³-hybridized carbons (Fsp3) is 0.160. The number of carbonyl (C=O) groups excluding carboxylic acids is 1. The topological polar surface area (TPSA) is 92.9 Å². The Kier molecular flexibility index (Phi) is 6.54. The minimum atomic E-state index is -0.484. The predicted octanol–water partition coefficient (Wildman–Crippen LogP) is 4.79. The third-order valence-corrected chi connectivity index (χ3v) is 4.94. The number of nitrogens with zero attached hydrogens (tertiary/aromatic N) is 2. The third-order valence-electron chi connectivity index (χ3n) is 4.94. The molecule has 4 rings (SSSR count). The van der Waals surface area contributed by atoms with Gasteiger partial charge in [-0.1, -0.05) is 48.5 Å². The van der Waals surface area contributed by atoms with Crippen molar-refractivity contribution in [2.45, 2.75) is 6.61 Å². The predicted molar refractivity (Wildman–Crippen MR) is 120 cm³/mol. The molecule has 33 heavy (non-hydrogen) atoms. The van der Waals surface area contributed by atoms with Crippen LogP contribution in [0.5, 0.6) is 17.2 Å². The molecule has 0 spiro atoms. The van der Waals surface area contributed by atoms with Gasteiger partial charge in [-0.3, -0.25) is 0 Å². The molecule has 3 aromatic carbocycles. The summed E-state index contributed by atoms with van der Waals surface area (Å²) in [6, 6.07) is 20.3. The van der Waals surface area contributed by atoms with Gasteiger partial charge in [-0.2, -0.15) is 0 Å². The van der Waals surface area contributed by atoms with Crippen molar-refractivity contribution in [1.29, 1.82) is 0 Å². The van der Waals surface area contributed by atoms with Crippen molar-refractivity contribution in [3.05, 3.63) is 78.2 Å². The molecule has 0 unspecified atom stereocenters. The van der Waals surface area contributed by atoms with Crippen LogP contribution in [0.3, 0.4) is 0 Å². The van der Waals surface area contributed by atoms with Crippen LogP contribution in [0.2, 0.25) is 0 Å². The van der Waals surface area contributed by atoms with Crippen molar-refractivity contribution in [3.8, 4) is 39.8 Å². The maximum Gasteiger partial charge on any atom is 0.339 e. The van der Waals surface area contributed by atoms with Crippen LogP contribution < -0.4 is 14.2 Å². The first-order valence-electron chi connectivity index (χ1n) is 10.1. The normalized spacial score (nSPS) is 10.5. The Morgan fingerprint density at radius 2 is 1.48 bits per heavy atom. The van der Waals surface area contributed by atoms with Gasteiger partial charge in [0.1, 0.15) is 0 Å². The van der Waals surface area contributed by atoms with Crippen LogP contribution in [0.15, 0.2) is 71.1 Å². The number of aromatic nitrogens is 2. The Morgan fingerprint density at radius 1 is 0.818 bits per heavy atom. The fourth-order valence-electron chi connectivity index (χ4n) is 3.37. The highest BCUT2D eigenvalue weighted by molar-refractivity contribution is 5.97. The van der Waals surface area contributed by atoms with Gasteiger partial charge in [-0.25, -0.2) is 4.79 Å². The van der Waals surface area contributed by atoms with Crippen molar-refractivity contribution in [2.24, 2.45) is 0 Å². The average Bonchev–Trinajstić information content (AvgIpc) is 3.36. The zero-order valence-corrected chi connectivity index (χ0v) is 18.4. The van der Waals surface area contributed by atoms with Crippen LogP contribution >= 0.6 is 0 Å². The second-order valence-electron chi connectivity index (χ2n) is 6.90. The van der Waals surface area contributed by atoms with Crippen LogP contribution in [0.1, 0.15) is 16.2 Å². The fourth-order valence-corrected chi connectivity index (χ4v) is 3.37. The molecule has 0 aliphatic rings. The molecule has 1 heterocycles. The number of ether oxygens (including phenoxy) is 4. The highest BCUT2D eigenvalue weighted by atomic mass is 16.5. The van der Waals surface area contributed by atoms with Crippen molar-refractivity contribution in [3.63, 3.8) is 0 Å². The molecule has 0 fully saturated rings. The highest BCUT2D eigenvalue weighted by Crippen LogP contribution is 2.40. The van der Waals surface area contributed by atoms with Gasteiger partial charge in [0.05, 0.1) is 26.9 Å². The minimum Gasteiger partial charge on any atom is -0.493 e. The quantitative estimate of drug-likeness (QED) is 0.357. The van der Waals surface area contributed by atoms with Crippen molar-refractivity contribution in [1.82, 2.24) is 10.2 Å². The maximum atomic E-state index is 12.8. The Labute approximate surface area is 190 Å². The summed E-state index contributed by atoms with van der Waals surface area (Å²) >= 11 is 0. The van der Waals surface area contributed by atoms with Crippen LogP contribution in [0, 0.1) is 0 Å². The maximum absolute atomic E-state index is 12.8. The summed E-state index contributed by atoms with van der Waals surface area (Å²) in [6.07, 6.45) is 0. The summed E-state index contributed by atoms with van der Waals surface area (Å²) in [5.41, 5.74) is 2.73. The molecule has 0 aliphatic heterocycles. The van der Waals surface area contributed by atoms with Crippen LogP contribution in [0.4, 0.5) is 0 Å². The van der Waals surface area contributed by atoms with E-state index in [4.69, 9.17) is 23.4 Å². The molecule has 0 aliphatic carbocycles. The lowest BCUT2D eigenvalue weighted by atomic mass is 10.00. The highest BCUT2D eigenvalue weighted by Gasteiger charge is 2.19. The van der Waals surface area contributed by atoms with E-state index in [-0.39, 0.29) is 18.4 Å². The first-order chi connectivity index (χ1) is 16.1. The Hall–Kier alpha value is -4.33. The van der Waals surface area contributed by atoms with Gasteiger partial charge in [0, 0.05) is 5.56 Å². The molecule has 0 bridgehead atoms. The lowest BCUT2D eigenvalue weighted by Crippen LogP contribution is -2.07. The smallest absolute Gasteiger partial charge is 0.339 e. The summed E-state index contributed by atoms with van der Waals surface area (Å²) in [6.45, 7) is -0.167. The first kappa shape index (κ1) is 21.9. The van der Waals surface area contributed by atoms with Gasteiger partial charge in [0.2, 0.25) is 11.6 Å². The SMILES string of the molecule is COc1cc(-c2nnc(COC(=O)c3ccccc3-c3ccccc3)o2)cc(OC)c1OC. The molecule has 0 N–H and O–H groups in total. The van der Waals surface area contributed by atoms with E-state index in [0.717, 1.165) is 11.1 Å². The largest absolute Gasteiger partial charge is 0.493 e. The zero-order chi connectivity index (χ0) is 23.2. The summed E-state index contributed by atoms with van der Waals surface area (Å²) < 4.78 is 27.2. The number of methoxy groups -OCH3 is 3. The number of rotatable bonds is 8. The molecule has 0 saturated carbocycles. The number of hydrogen-bond donors (Lipinski definition) is 0. The molecule has 8 nitrogen and oxygen atoms in total. The van der Waals surface area contributed by atoms with Crippen molar-refractivity contribution >= 4 is 5.97 Å². The number of carbonyl (C=O) groups is 1. The van der Waals surface area contributed by atoms with E-state index in [9.17, 15) is 4.79 Å². The third kappa shape index (κ3) is 4.64. The number of esters is 1. The molecule has 4 aromatic rings. The van der Waals surface area contributed by atoms with Gasteiger partial charge < -0.3 is 23.4 Å². The lowest BCUT2D eigenvalue weighted by Gasteiger charge is -2.12. The summed E-state index contributed by atoms with van der Waals surface area (Å²) in [4.78, 5) is 12.8. The monoisotopic (exact) mass is 446 g/mol. The molecular formula is C25H22N2O6. The van der Waals surface area contributed by atoms with Crippen molar-refractivity contribution < 1.29 is 28.2 Å². The second-order valence-corrected chi connectivity index (χ2v) is 6.90. The second kappa shape index (κ2) is 9.86. The Bertz CT molecular complexity index is 1230. The van der Waals surface area contributed by atoms with E-state index in [0.29, 0.717) is 28.4 Å². The molecule has 8 heteroatoms. The van der Waals surface area contributed by atoms with Gasteiger partial charge in [-0.05, 0) is 29.3 Å². The van der Waals surface area contributed by atoms with E-state index in [1.54, 1.807) is 24.3 Å². The summed E-state index contributed by atoms with van der Waals surface area (Å²) in [5.74, 6) is 1.26. The van der Waals surface area contributed by atoms with Gasteiger partial charge in [-0.15, -0.1) is 10.2 Å². The lowest BCUT2D eigenvalue weighted by molar-refractivity contribution is 0.0439. The molecule has 0 amide bonds. The standard InChI is InChI=1S/C25H22N2O6/c1-29-20-13-17(14-21(30-2)23(20)31-3)24-27-26-22(33-24)15-32-25(28)19-12-8-7-11-18(19)16-9-5-4-6-10-16/h4-14H,15H2,1-3H3. The van der Waals surface area contributed by atoms with Crippen LogP contribution in [-0.4, -0.2) is 37.5 Å². The summed E-state index contributed by atoms with van der Waals surface area (Å²) in [5, 5.41) is 8.03. The van der Waals surface area contributed by atoms with E-state index in [1.807, 2.05) is 42.5 Å². The van der Waals surface area contributed by atoms with Gasteiger partial charge in [0.15, 0.2) is 18.1 Å². The zero-order valence-electron chi connectivity index (χ0n) is 18.4. The molecule has 1 aromatic heterocycles. The van der Waals surface area contributed by atoms with E-state index in [2.05, 4.69) is 10.2 Å². The molecule has 0 saturated heterocycles. The molecule has 0 radical (unpaired) electrons. The van der Waals surface area contributed by atoms with Crippen LogP contribution in [0.25, 0.3) is 22.6 Å². The van der Waals surface area contributed by atoms with E-state index in [1.165, 1.54) is 21.3 Å². The molecule has 0 atom stereocenters. The van der Waals surface area contributed by atoms with Crippen molar-refractivity contribution in [2.75, 3.05) is 21.3 Å². The van der Waals surface area contributed by atoms with Crippen LogP contribution in [-0.2, 0) is 11.3 Å². The summed E-state index contributed by atoms with van der Waals surface area (Å²) in [7, 11) is 4.56. The van der Waals surface area contributed by atoms with E-state index < -0.39 is 5.97 Å². The minimum absolute atomic E-state index is 0.157. The van der Waals surface area contributed by atoms with Gasteiger partial charge in [0.25, 0.3) is 5.89 Å². The molecular weight excluding hydrogens is 424 g/mol. The first-order valence-corrected chi connectivity index (χ1v) is 10.1.